The Kier molecular flexibility index (Phi) is 6.68. The van der Waals surface area contributed by atoms with Crippen molar-refractivity contribution in [2.75, 3.05) is 38.2 Å². The van der Waals surface area contributed by atoms with E-state index in [0.29, 0.717) is 37.9 Å². The Morgan fingerprint density at radius 3 is 2.44 bits per heavy atom. The van der Waals surface area contributed by atoms with Crippen molar-refractivity contribution >= 4 is 11.9 Å². The Bertz CT molecular complexity index is 1050. The van der Waals surface area contributed by atoms with Crippen LogP contribution in [0, 0.1) is 0 Å². The molecule has 1 aromatic carbocycles. The molecule has 32 heavy (non-hydrogen) atoms. The molecule has 0 radical (unpaired) electrons. The van der Waals surface area contributed by atoms with Gasteiger partial charge in [-0.1, -0.05) is 32.0 Å². The van der Waals surface area contributed by atoms with Gasteiger partial charge in [0.25, 0.3) is 0 Å². The van der Waals surface area contributed by atoms with E-state index in [2.05, 4.69) is 59.0 Å². The first-order valence-corrected chi connectivity index (χ1v) is 11.2. The lowest BCUT2D eigenvalue weighted by molar-refractivity contribution is -0.132. The van der Waals surface area contributed by atoms with Crippen molar-refractivity contribution in [2.45, 2.75) is 33.2 Å². The number of rotatable bonds is 7. The van der Waals surface area contributed by atoms with Gasteiger partial charge in [0.1, 0.15) is 6.54 Å². The van der Waals surface area contributed by atoms with Crippen LogP contribution in [0.25, 0.3) is 11.3 Å². The van der Waals surface area contributed by atoms with Gasteiger partial charge in [-0.25, -0.2) is 9.97 Å². The highest BCUT2D eigenvalue weighted by atomic mass is 16.5. The fourth-order valence-corrected chi connectivity index (χ4v) is 3.93. The fraction of sp³-hybridized carbons (Fsp3) is 0.417. The van der Waals surface area contributed by atoms with Crippen LogP contribution < -0.4 is 9.64 Å². The maximum Gasteiger partial charge on any atom is 0.244 e. The highest BCUT2D eigenvalue weighted by Gasteiger charge is 2.23. The molecule has 0 bridgehead atoms. The van der Waals surface area contributed by atoms with Gasteiger partial charge >= 0.3 is 0 Å². The monoisotopic (exact) mass is 434 g/mol. The van der Waals surface area contributed by atoms with Crippen LogP contribution in [-0.4, -0.2) is 63.8 Å². The zero-order valence-electron chi connectivity index (χ0n) is 19.0. The lowest BCUT2D eigenvalue weighted by Crippen LogP contribution is -2.50. The Hall–Kier alpha value is -3.42. The number of methoxy groups -OCH3 is 1. The van der Waals surface area contributed by atoms with Gasteiger partial charge in [0.05, 0.1) is 25.2 Å². The van der Waals surface area contributed by atoms with Crippen LogP contribution in [-0.2, 0) is 24.2 Å². The Labute approximate surface area is 188 Å². The van der Waals surface area contributed by atoms with Gasteiger partial charge in [-0.3, -0.25) is 9.48 Å². The summed E-state index contributed by atoms with van der Waals surface area (Å²) in [5.41, 5.74) is 4.37. The zero-order valence-corrected chi connectivity index (χ0v) is 19.0. The first kappa shape index (κ1) is 21.8. The number of ether oxygens (including phenoxy) is 1. The van der Waals surface area contributed by atoms with Crippen molar-refractivity contribution in [2.24, 2.45) is 0 Å². The van der Waals surface area contributed by atoms with Crippen molar-refractivity contribution in [1.82, 2.24) is 24.6 Å². The minimum Gasteiger partial charge on any atom is -0.494 e. The van der Waals surface area contributed by atoms with E-state index in [-0.39, 0.29) is 12.5 Å². The van der Waals surface area contributed by atoms with Crippen molar-refractivity contribution in [1.29, 1.82) is 0 Å². The largest absolute Gasteiger partial charge is 0.494 e. The van der Waals surface area contributed by atoms with E-state index in [1.807, 2.05) is 9.58 Å². The summed E-state index contributed by atoms with van der Waals surface area (Å²) in [7, 11) is 1.59. The first-order chi connectivity index (χ1) is 15.6. The summed E-state index contributed by atoms with van der Waals surface area (Å²) in [6.45, 7) is 7.19. The molecule has 0 saturated carbocycles. The number of aromatic nitrogens is 4. The number of nitrogens with zero attached hydrogens (tertiary/aromatic N) is 6. The van der Waals surface area contributed by atoms with Crippen LogP contribution in [0.15, 0.2) is 42.7 Å². The summed E-state index contributed by atoms with van der Waals surface area (Å²) in [6, 6.07) is 10.5. The predicted molar refractivity (Wildman–Crippen MR) is 124 cm³/mol. The second kappa shape index (κ2) is 9.80. The second-order valence-electron chi connectivity index (χ2n) is 7.88. The summed E-state index contributed by atoms with van der Waals surface area (Å²) in [6.07, 6.45) is 5.15. The molecular formula is C24H30N6O2. The average Bonchev–Trinajstić information content (AvgIpc) is 3.27. The number of benzene rings is 1. The van der Waals surface area contributed by atoms with Crippen molar-refractivity contribution in [3.8, 4) is 17.0 Å². The lowest BCUT2D eigenvalue weighted by Gasteiger charge is -2.34. The third kappa shape index (κ3) is 4.74. The third-order valence-corrected chi connectivity index (χ3v) is 5.91. The van der Waals surface area contributed by atoms with Gasteiger partial charge in [0.15, 0.2) is 5.75 Å². The van der Waals surface area contributed by atoms with Crippen LogP contribution in [0.1, 0.15) is 25.1 Å². The van der Waals surface area contributed by atoms with Gasteiger partial charge in [-0.15, -0.1) is 0 Å². The zero-order chi connectivity index (χ0) is 22.5. The molecule has 1 aliphatic rings. The summed E-state index contributed by atoms with van der Waals surface area (Å²) >= 11 is 0. The number of amides is 1. The Balaban J connectivity index is 1.40. The van der Waals surface area contributed by atoms with Crippen LogP contribution in [0.5, 0.6) is 5.75 Å². The summed E-state index contributed by atoms with van der Waals surface area (Å²) in [5, 5.41) is 4.77. The molecule has 0 unspecified atom stereocenters. The maximum absolute atomic E-state index is 13.0. The maximum atomic E-state index is 13.0. The van der Waals surface area contributed by atoms with Crippen molar-refractivity contribution < 1.29 is 9.53 Å². The molecule has 8 heteroatoms. The van der Waals surface area contributed by atoms with E-state index in [0.717, 1.165) is 29.8 Å². The molecule has 2 aromatic heterocycles. The van der Waals surface area contributed by atoms with Gasteiger partial charge in [0.2, 0.25) is 11.9 Å². The van der Waals surface area contributed by atoms with Crippen LogP contribution in [0.3, 0.4) is 0 Å². The van der Waals surface area contributed by atoms with Crippen LogP contribution in [0.4, 0.5) is 5.95 Å². The minimum atomic E-state index is 0.0898. The molecule has 3 aromatic rings. The number of hydrogen-bond acceptors (Lipinski definition) is 6. The number of hydrogen-bond donors (Lipinski definition) is 0. The molecule has 0 atom stereocenters. The third-order valence-electron chi connectivity index (χ3n) is 5.91. The van der Waals surface area contributed by atoms with Crippen molar-refractivity contribution in [3.63, 3.8) is 0 Å². The second-order valence-corrected chi connectivity index (χ2v) is 7.88. The molecule has 3 heterocycles. The van der Waals surface area contributed by atoms with Gasteiger partial charge in [-0.05, 0) is 30.5 Å². The quantitative estimate of drug-likeness (QED) is 0.569. The molecule has 4 rings (SSSR count). The van der Waals surface area contributed by atoms with E-state index in [9.17, 15) is 4.79 Å². The molecule has 1 fully saturated rings. The number of carbonyl (C=O) groups is 1. The average molecular weight is 435 g/mol. The standard InChI is InChI=1S/C24H30N6O2/c1-4-18-7-6-8-19(13-18)22-14-20(5-2)30(27-22)17-23(31)28-9-11-29(12-10-28)24-25-15-21(32-3)16-26-24/h6-8,13-16H,4-5,9-12,17H2,1-3H3. The van der Waals surface area contributed by atoms with E-state index in [1.54, 1.807) is 19.5 Å². The molecule has 8 nitrogen and oxygen atoms in total. The van der Waals surface area contributed by atoms with Gasteiger partial charge in [-0.2, -0.15) is 5.10 Å². The van der Waals surface area contributed by atoms with E-state index in [1.165, 1.54) is 5.56 Å². The smallest absolute Gasteiger partial charge is 0.244 e. The molecule has 0 aliphatic carbocycles. The number of anilines is 1. The summed E-state index contributed by atoms with van der Waals surface area (Å²) < 4.78 is 6.97. The van der Waals surface area contributed by atoms with Crippen LogP contribution in [0.2, 0.25) is 0 Å². The minimum absolute atomic E-state index is 0.0898. The van der Waals surface area contributed by atoms with Crippen LogP contribution >= 0.6 is 0 Å². The Morgan fingerprint density at radius 1 is 1.03 bits per heavy atom. The predicted octanol–water partition coefficient (Wildman–Crippen LogP) is 2.82. The molecular weight excluding hydrogens is 404 g/mol. The summed E-state index contributed by atoms with van der Waals surface area (Å²) in [4.78, 5) is 25.7. The van der Waals surface area contributed by atoms with E-state index < -0.39 is 0 Å². The van der Waals surface area contributed by atoms with Gasteiger partial charge < -0.3 is 14.5 Å². The lowest BCUT2D eigenvalue weighted by atomic mass is 10.1. The van der Waals surface area contributed by atoms with E-state index >= 15 is 0 Å². The number of piperazine rings is 1. The van der Waals surface area contributed by atoms with Crippen molar-refractivity contribution in [3.05, 3.63) is 54.0 Å². The Morgan fingerprint density at radius 2 is 1.78 bits per heavy atom. The molecule has 1 saturated heterocycles. The normalized spacial score (nSPS) is 14.0. The highest BCUT2D eigenvalue weighted by molar-refractivity contribution is 5.76. The fourth-order valence-electron chi connectivity index (χ4n) is 3.93. The molecule has 0 spiro atoms. The summed E-state index contributed by atoms with van der Waals surface area (Å²) in [5.74, 6) is 1.39. The SMILES string of the molecule is CCc1cccc(-c2cc(CC)n(CC(=O)N3CCN(c4ncc(OC)cn4)CC3)n2)c1. The van der Waals surface area contributed by atoms with Gasteiger partial charge in [0, 0.05) is 37.4 Å². The molecule has 1 aliphatic heterocycles. The van der Waals surface area contributed by atoms with E-state index in [4.69, 9.17) is 9.84 Å². The topological polar surface area (TPSA) is 76.4 Å². The first-order valence-electron chi connectivity index (χ1n) is 11.2. The highest BCUT2D eigenvalue weighted by Crippen LogP contribution is 2.21. The molecule has 168 valence electrons. The number of aryl methyl sites for hydroxylation is 2. The number of carbonyl (C=O) groups excluding carboxylic acids is 1. The molecule has 0 N–H and O–H groups in total. The molecule has 1 amide bonds.